The zero-order valence-electron chi connectivity index (χ0n) is 23.4. The van der Waals surface area contributed by atoms with Gasteiger partial charge in [0.25, 0.3) is 5.91 Å². The highest BCUT2D eigenvalue weighted by atomic mass is 16.2. The molecule has 3 atom stereocenters. The quantitative estimate of drug-likeness (QED) is 0.352. The summed E-state index contributed by atoms with van der Waals surface area (Å²) in [7, 11) is 0. The molecule has 0 bridgehead atoms. The molecule has 1 heterocycles. The molecule has 2 aromatic rings. The molecule has 3 amide bonds. The van der Waals surface area contributed by atoms with Crippen molar-refractivity contribution in [1.82, 2.24) is 16.0 Å². The van der Waals surface area contributed by atoms with E-state index in [0.29, 0.717) is 43.0 Å². The minimum absolute atomic E-state index is 0.113. The molecule has 4 N–H and O–H groups in total. The summed E-state index contributed by atoms with van der Waals surface area (Å²) in [6.07, 6.45) is 8.93. The second-order valence-corrected chi connectivity index (χ2v) is 11.3. The summed E-state index contributed by atoms with van der Waals surface area (Å²) in [6.45, 7) is 2.07. The summed E-state index contributed by atoms with van der Waals surface area (Å²) >= 11 is 0. The van der Waals surface area contributed by atoms with Gasteiger partial charge in [-0.25, -0.2) is 0 Å². The highest BCUT2D eigenvalue weighted by Crippen LogP contribution is 2.29. The number of nitrogens with zero attached hydrogens (tertiary/aromatic N) is 1. The number of carbonyl (C=O) groups excluding carboxylic acids is 3. The molecule has 1 saturated carbocycles. The summed E-state index contributed by atoms with van der Waals surface area (Å²) in [5, 5.41) is 22.5. The molecule has 40 heavy (non-hydrogen) atoms. The monoisotopic (exact) mass is 543 g/mol. The number of rotatable bonds is 10. The van der Waals surface area contributed by atoms with Crippen molar-refractivity contribution < 1.29 is 14.4 Å². The number of nitrogens with one attached hydrogen (secondary N) is 4. The third-order valence-corrected chi connectivity index (χ3v) is 8.16. The van der Waals surface area contributed by atoms with Crippen molar-refractivity contribution in [2.24, 2.45) is 5.92 Å². The SMILES string of the molecule is CC(=O)Nc1ccc(C(=O)NC(CC2CCCCC2)C(=O)NC2(C#N)CCNC(CCc3ccccc3)C2)cc1. The molecule has 2 fully saturated rings. The van der Waals surface area contributed by atoms with Crippen LogP contribution in [-0.2, 0) is 16.0 Å². The van der Waals surface area contributed by atoms with Crippen molar-refractivity contribution in [3.8, 4) is 6.07 Å². The Hall–Kier alpha value is -3.70. The number of amides is 3. The van der Waals surface area contributed by atoms with Crippen LogP contribution in [0.25, 0.3) is 0 Å². The molecule has 0 aromatic heterocycles. The number of benzene rings is 2. The number of carbonyl (C=O) groups is 3. The van der Waals surface area contributed by atoms with E-state index in [1.807, 2.05) is 18.2 Å². The number of hydrogen-bond donors (Lipinski definition) is 4. The van der Waals surface area contributed by atoms with E-state index in [0.717, 1.165) is 38.5 Å². The predicted octanol–water partition coefficient (Wildman–Crippen LogP) is 4.48. The summed E-state index contributed by atoms with van der Waals surface area (Å²) in [4.78, 5) is 38.2. The second kappa shape index (κ2) is 14.1. The Bertz CT molecular complexity index is 1190. The van der Waals surface area contributed by atoms with Crippen LogP contribution >= 0.6 is 0 Å². The zero-order chi connectivity index (χ0) is 28.4. The molecule has 1 saturated heterocycles. The van der Waals surface area contributed by atoms with Gasteiger partial charge >= 0.3 is 0 Å². The van der Waals surface area contributed by atoms with E-state index in [2.05, 4.69) is 39.5 Å². The Morgan fingerprint density at radius 2 is 1.77 bits per heavy atom. The van der Waals surface area contributed by atoms with Crippen LogP contribution in [0.1, 0.15) is 80.6 Å². The van der Waals surface area contributed by atoms with Gasteiger partial charge in [-0.05, 0) is 74.4 Å². The highest BCUT2D eigenvalue weighted by Gasteiger charge is 2.39. The van der Waals surface area contributed by atoms with Gasteiger partial charge in [0.2, 0.25) is 11.8 Å². The van der Waals surface area contributed by atoms with Gasteiger partial charge in [0.1, 0.15) is 11.6 Å². The van der Waals surface area contributed by atoms with E-state index in [4.69, 9.17) is 0 Å². The molecule has 2 aliphatic rings. The lowest BCUT2D eigenvalue weighted by Crippen LogP contribution is -2.60. The largest absolute Gasteiger partial charge is 0.340 e. The van der Waals surface area contributed by atoms with Crippen molar-refractivity contribution in [1.29, 1.82) is 5.26 Å². The molecule has 3 unspecified atom stereocenters. The fraction of sp³-hybridized carbons (Fsp3) is 0.500. The van der Waals surface area contributed by atoms with E-state index in [9.17, 15) is 19.6 Å². The third kappa shape index (κ3) is 8.40. The lowest BCUT2D eigenvalue weighted by molar-refractivity contribution is -0.125. The molecule has 4 rings (SSSR count). The third-order valence-electron chi connectivity index (χ3n) is 8.16. The maximum atomic E-state index is 13.7. The summed E-state index contributed by atoms with van der Waals surface area (Å²) < 4.78 is 0. The maximum Gasteiger partial charge on any atom is 0.251 e. The topological polar surface area (TPSA) is 123 Å². The van der Waals surface area contributed by atoms with Gasteiger partial charge < -0.3 is 21.3 Å². The normalized spacial score (nSPS) is 21.9. The van der Waals surface area contributed by atoms with Crippen LogP contribution in [0.2, 0.25) is 0 Å². The highest BCUT2D eigenvalue weighted by molar-refractivity contribution is 5.98. The van der Waals surface area contributed by atoms with Gasteiger partial charge in [0.15, 0.2) is 0 Å². The Morgan fingerprint density at radius 1 is 1.05 bits per heavy atom. The Labute approximate surface area is 237 Å². The van der Waals surface area contributed by atoms with Crippen LogP contribution in [0.4, 0.5) is 5.69 Å². The number of nitriles is 1. The van der Waals surface area contributed by atoms with E-state index in [1.165, 1.54) is 18.9 Å². The molecule has 1 aliphatic heterocycles. The molecule has 1 aliphatic carbocycles. The molecular formula is C32H41N5O3. The molecular weight excluding hydrogens is 502 g/mol. The van der Waals surface area contributed by atoms with Gasteiger partial charge in [-0.2, -0.15) is 5.26 Å². The number of aryl methyl sites for hydroxylation is 1. The van der Waals surface area contributed by atoms with Crippen LogP contribution in [0.15, 0.2) is 54.6 Å². The Balaban J connectivity index is 1.43. The Kier molecular flexibility index (Phi) is 10.3. The lowest BCUT2D eigenvalue weighted by Gasteiger charge is -2.38. The van der Waals surface area contributed by atoms with E-state index in [-0.39, 0.29) is 23.8 Å². The fourth-order valence-electron chi connectivity index (χ4n) is 5.98. The molecule has 8 heteroatoms. The van der Waals surface area contributed by atoms with Crippen LogP contribution < -0.4 is 21.3 Å². The smallest absolute Gasteiger partial charge is 0.251 e. The first-order valence-corrected chi connectivity index (χ1v) is 14.5. The summed E-state index contributed by atoms with van der Waals surface area (Å²) in [5.41, 5.74) is 1.29. The van der Waals surface area contributed by atoms with Gasteiger partial charge in [0, 0.05) is 24.2 Å². The number of piperidine rings is 1. The van der Waals surface area contributed by atoms with Crippen molar-refractivity contribution in [2.45, 2.75) is 88.8 Å². The van der Waals surface area contributed by atoms with Crippen LogP contribution in [0, 0.1) is 17.2 Å². The number of anilines is 1. The van der Waals surface area contributed by atoms with Gasteiger partial charge in [-0.15, -0.1) is 0 Å². The second-order valence-electron chi connectivity index (χ2n) is 11.3. The van der Waals surface area contributed by atoms with Crippen molar-refractivity contribution in [3.63, 3.8) is 0 Å². The van der Waals surface area contributed by atoms with Crippen molar-refractivity contribution in [2.75, 3.05) is 11.9 Å². The molecule has 0 spiro atoms. The van der Waals surface area contributed by atoms with Crippen LogP contribution in [-0.4, -0.2) is 41.9 Å². The summed E-state index contributed by atoms with van der Waals surface area (Å²) in [5.74, 6) is -0.467. The molecule has 212 valence electrons. The Morgan fingerprint density at radius 3 is 2.45 bits per heavy atom. The first-order valence-electron chi connectivity index (χ1n) is 14.5. The van der Waals surface area contributed by atoms with Crippen LogP contribution in [0.3, 0.4) is 0 Å². The standard InChI is InChI=1S/C32H41N5O3/c1-23(38)35-27-16-13-26(14-17-27)30(39)36-29(20-25-10-6-3-7-11-25)31(40)37-32(22-33)18-19-34-28(21-32)15-12-24-8-4-2-5-9-24/h2,4-5,8-9,13-14,16-17,25,28-29,34H,3,6-7,10-12,15,18-21H2,1H3,(H,35,38)(H,36,39)(H,37,40). The van der Waals surface area contributed by atoms with Crippen molar-refractivity contribution in [3.05, 3.63) is 65.7 Å². The van der Waals surface area contributed by atoms with Crippen molar-refractivity contribution >= 4 is 23.4 Å². The fourth-order valence-corrected chi connectivity index (χ4v) is 5.98. The zero-order valence-corrected chi connectivity index (χ0v) is 23.4. The molecule has 2 aromatic carbocycles. The lowest BCUT2D eigenvalue weighted by atomic mass is 9.82. The maximum absolute atomic E-state index is 13.7. The minimum Gasteiger partial charge on any atom is -0.340 e. The molecule has 0 radical (unpaired) electrons. The van der Waals surface area contributed by atoms with E-state index < -0.39 is 11.6 Å². The molecule has 8 nitrogen and oxygen atoms in total. The predicted molar refractivity (Wildman–Crippen MR) is 155 cm³/mol. The van der Waals surface area contributed by atoms with E-state index in [1.54, 1.807) is 24.3 Å². The first kappa shape index (κ1) is 29.3. The average Bonchev–Trinajstić information content (AvgIpc) is 2.97. The minimum atomic E-state index is -0.973. The van der Waals surface area contributed by atoms with Gasteiger partial charge in [-0.3, -0.25) is 14.4 Å². The van der Waals surface area contributed by atoms with Gasteiger partial charge in [0.05, 0.1) is 6.07 Å². The van der Waals surface area contributed by atoms with Crippen LogP contribution in [0.5, 0.6) is 0 Å². The average molecular weight is 544 g/mol. The number of hydrogen-bond acceptors (Lipinski definition) is 5. The van der Waals surface area contributed by atoms with Gasteiger partial charge in [-0.1, -0.05) is 62.4 Å². The summed E-state index contributed by atoms with van der Waals surface area (Å²) in [6, 6.07) is 18.7. The first-order chi connectivity index (χ1) is 19.4. The van der Waals surface area contributed by atoms with E-state index >= 15 is 0 Å².